The number of amides is 1. The van der Waals surface area contributed by atoms with Crippen LogP contribution >= 0.6 is 22.7 Å². The Bertz CT molecular complexity index is 1230. The minimum Gasteiger partial charge on any atom is -0.507 e. The minimum atomic E-state index is -0.881. The van der Waals surface area contributed by atoms with Crippen molar-refractivity contribution in [3.8, 4) is 5.75 Å². The van der Waals surface area contributed by atoms with Gasteiger partial charge in [-0.2, -0.15) is 0 Å². The van der Waals surface area contributed by atoms with Gasteiger partial charge < -0.3 is 14.6 Å². The van der Waals surface area contributed by atoms with Crippen LogP contribution in [0.1, 0.15) is 31.8 Å². The van der Waals surface area contributed by atoms with Crippen LogP contribution in [0.4, 0.5) is 5.13 Å². The van der Waals surface area contributed by atoms with E-state index in [1.807, 2.05) is 5.38 Å². The normalized spacial score (nSPS) is 17.6. The summed E-state index contributed by atoms with van der Waals surface area (Å²) in [4.78, 5) is 44.7. The van der Waals surface area contributed by atoms with Crippen LogP contribution in [-0.2, 0) is 14.3 Å². The first kappa shape index (κ1) is 21.7. The van der Waals surface area contributed by atoms with Gasteiger partial charge in [0.25, 0.3) is 5.78 Å². The van der Waals surface area contributed by atoms with Gasteiger partial charge in [0.2, 0.25) is 0 Å². The third-order valence-electron chi connectivity index (χ3n) is 4.98. The molecule has 1 atom stereocenters. The smallest absolute Gasteiger partial charge is 0.350 e. The summed E-state index contributed by atoms with van der Waals surface area (Å²) in [6.07, 6.45) is 0. The molecule has 32 heavy (non-hydrogen) atoms. The predicted molar refractivity (Wildman–Crippen MR) is 120 cm³/mol. The average molecular weight is 471 g/mol. The summed E-state index contributed by atoms with van der Waals surface area (Å²) in [5.41, 5.74) is 0.713. The Labute approximate surface area is 191 Å². The van der Waals surface area contributed by atoms with Crippen LogP contribution in [0, 0.1) is 6.92 Å². The molecule has 0 spiro atoms. The number of hydrogen-bond acceptors (Lipinski definition) is 9. The molecule has 0 radical (unpaired) electrons. The Kier molecular flexibility index (Phi) is 5.81. The van der Waals surface area contributed by atoms with Crippen LogP contribution in [0.2, 0.25) is 0 Å². The number of anilines is 1. The van der Waals surface area contributed by atoms with E-state index in [-0.39, 0.29) is 21.3 Å². The number of thiophene rings is 1. The predicted octanol–water partition coefficient (Wildman–Crippen LogP) is 3.93. The monoisotopic (exact) mass is 470 g/mol. The molecular formula is C22H18N2O6S2. The fourth-order valence-electron chi connectivity index (χ4n) is 3.42. The van der Waals surface area contributed by atoms with E-state index >= 15 is 0 Å². The number of aliphatic hydroxyl groups is 1. The van der Waals surface area contributed by atoms with E-state index in [1.54, 1.807) is 43.3 Å². The summed E-state index contributed by atoms with van der Waals surface area (Å²) in [6.45, 7) is 1.63. The highest BCUT2D eigenvalue weighted by Gasteiger charge is 2.48. The number of ether oxygens (including phenoxy) is 2. The summed E-state index contributed by atoms with van der Waals surface area (Å²) in [6, 6.07) is 9.20. The van der Waals surface area contributed by atoms with Gasteiger partial charge in [-0.3, -0.25) is 14.5 Å². The summed E-state index contributed by atoms with van der Waals surface area (Å²) in [5.74, 6) is -1.94. The van der Waals surface area contributed by atoms with Crippen molar-refractivity contribution in [2.75, 3.05) is 19.1 Å². The number of thiazole rings is 1. The molecule has 1 fully saturated rings. The van der Waals surface area contributed by atoms with Crippen molar-refractivity contribution in [1.29, 1.82) is 0 Å². The number of rotatable bonds is 5. The lowest BCUT2D eigenvalue weighted by molar-refractivity contribution is -0.132. The van der Waals surface area contributed by atoms with Gasteiger partial charge >= 0.3 is 11.9 Å². The number of aliphatic hydroxyl groups excluding tert-OH is 1. The average Bonchev–Trinajstić information content (AvgIpc) is 3.52. The number of aryl methyl sites for hydroxylation is 1. The zero-order valence-electron chi connectivity index (χ0n) is 17.3. The Morgan fingerprint density at radius 1 is 1.16 bits per heavy atom. The summed E-state index contributed by atoms with van der Waals surface area (Å²) < 4.78 is 9.92. The van der Waals surface area contributed by atoms with Crippen molar-refractivity contribution >= 4 is 51.2 Å². The van der Waals surface area contributed by atoms with E-state index in [2.05, 4.69) is 4.98 Å². The number of methoxy groups -OCH3 is 2. The number of esters is 1. The lowest BCUT2D eigenvalue weighted by Crippen LogP contribution is -2.29. The van der Waals surface area contributed by atoms with E-state index in [1.165, 1.54) is 30.5 Å². The van der Waals surface area contributed by atoms with Gasteiger partial charge in [0, 0.05) is 10.4 Å². The summed E-state index contributed by atoms with van der Waals surface area (Å²) >= 11 is 2.30. The molecule has 1 amide bonds. The second-order valence-corrected chi connectivity index (χ2v) is 8.77. The maximum absolute atomic E-state index is 13.1. The number of Topliss-reactive ketones (excluding diaryl/α,β-unsaturated/α-hetero) is 1. The van der Waals surface area contributed by atoms with Crippen molar-refractivity contribution in [2.24, 2.45) is 0 Å². The first-order chi connectivity index (χ1) is 15.4. The number of carbonyl (C=O) groups is 3. The Morgan fingerprint density at radius 2 is 1.88 bits per heavy atom. The van der Waals surface area contributed by atoms with Gasteiger partial charge in [0.15, 0.2) is 5.13 Å². The SMILES string of the molecule is COC(=O)c1sc(N2C(=O)C(=O)/C(=C(/O)c3ccc(OC)cc3)C2c2cccs2)nc1C. The maximum Gasteiger partial charge on any atom is 0.350 e. The molecule has 1 aliphatic rings. The molecule has 0 aliphatic carbocycles. The lowest BCUT2D eigenvalue weighted by Gasteiger charge is -2.21. The highest BCUT2D eigenvalue weighted by atomic mass is 32.1. The highest BCUT2D eigenvalue weighted by molar-refractivity contribution is 7.18. The topological polar surface area (TPSA) is 106 Å². The van der Waals surface area contributed by atoms with Gasteiger partial charge in [-0.1, -0.05) is 17.4 Å². The van der Waals surface area contributed by atoms with E-state index in [0.29, 0.717) is 21.9 Å². The summed E-state index contributed by atoms with van der Waals surface area (Å²) in [5, 5.41) is 13.0. The molecule has 0 saturated carbocycles. The molecule has 0 bridgehead atoms. The van der Waals surface area contributed by atoms with Gasteiger partial charge in [-0.15, -0.1) is 11.3 Å². The number of carbonyl (C=O) groups excluding carboxylic acids is 3. The molecule has 1 saturated heterocycles. The van der Waals surface area contributed by atoms with Crippen LogP contribution in [0.15, 0.2) is 47.4 Å². The number of aromatic nitrogens is 1. The zero-order valence-corrected chi connectivity index (χ0v) is 19.0. The van der Waals surface area contributed by atoms with Crippen molar-refractivity contribution in [2.45, 2.75) is 13.0 Å². The number of hydrogen-bond donors (Lipinski definition) is 1. The molecule has 8 nitrogen and oxygen atoms in total. The Balaban J connectivity index is 1.88. The number of ketones is 1. The summed E-state index contributed by atoms with van der Waals surface area (Å²) in [7, 11) is 2.78. The van der Waals surface area contributed by atoms with E-state index in [0.717, 1.165) is 11.3 Å². The van der Waals surface area contributed by atoms with Crippen LogP contribution < -0.4 is 9.64 Å². The Hall–Kier alpha value is -3.50. The fourth-order valence-corrected chi connectivity index (χ4v) is 5.25. The first-order valence-electron chi connectivity index (χ1n) is 9.42. The van der Waals surface area contributed by atoms with Gasteiger partial charge in [-0.05, 0) is 42.6 Å². The molecule has 1 aliphatic heterocycles. The largest absolute Gasteiger partial charge is 0.507 e. The first-order valence-corrected chi connectivity index (χ1v) is 11.1. The third-order valence-corrected chi connectivity index (χ3v) is 7.04. The van der Waals surface area contributed by atoms with Gasteiger partial charge in [0.1, 0.15) is 22.4 Å². The Morgan fingerprint density at radius 3 is 2.47 bits per heavy atom. The molecule has 1 aromatic carbocycles. The van der Waals surface area contributed by atoms with E-state index in [9.17, 15) is 19.5 Å². The molecule has 1 N–H and O–H groups in total. The molecular weight excluding hydrogens is 452 g/mol. The molecule has 1 unspecified atom stereocenters. The second kappa shape index (κ2) is 8.56. The lowest BCUT2D eigenvalue weighted by atomic mass is 10.00. The quantitative estimate of drug-likeness (QED) is 0.261. The van der Waals surface area contributed by atoms with E-state index in [4.69, 9.17) is 9.47 Å². The van der Waals surface area contributed by atoms with E-state index < -0.39 is 23.7 Å². The standard InChI is InChI=1S/C22H18N2O6S2/c1-11-19(21(28)30-3)32-22(23-11)24-16(14-5-4-10-31-14)15(18(26)20(24)27)17(25)12-6-8-13(29-2)9-7-12/h4-10,16,25H,1-3H3/b17-15+. The van der Waals surface area contributed by atoms with Crippen molar-refractivity contribution < 1.29 is 29.0 Å². The number of nitrogens with zero attached hydrogens (tertiary/aromatic N) is 2. The van der Waals surface area contributed by atoms with Crippen LogP contribution in [0.25, 0.3) is 5.76 Å². The molecule has 3 aromatic rings. The third kappa shape index (κ3) is 3.57. The van der Waals surface area contributed by atoms with Crippen LogP contribution in [-0.4, -0.2) is 42.0 Å². The number of benzene rings is 1. The zero-order chi connectivity index (χ0) is 23.0. The highest BCUT2D eigenvalue weighted by Crippen LogP contribution is 2.45. The molecule has 3 heterocycles. The van der Waals surface area contributed by atoms with Crippen LogP contribution in [0.3, 0.4) is 0 Å². The second-order valence-electron chi connectivity index (χ2n) is 6.82. The molecule has 164 valence electrons. The molecule has 10 heteroatoms. The molecule has 2 aromatic heterocycles. The van der Waals surface area contributed by atoms with Gasteiger partial charge in [0.05, 0.1) is 25.5 Å². The fraction of sp³-hybridized carbons (Fsp3) is 0.182. The minimum absolute atomic E-state index is 0.0462. The van der Waals surface area contributed by atoms with Gasteiger partial charge in [-0.25, -0.2) is 9.78 Å². The van der Waals surface area contributed by atoms with Crippen molar-refractivity contribution in [1.82, 2.24) is 4.98 Å². The van der Waals surface area contributed by atoms with Crippen molar-refractivity contribution in [3.05, 3.63) is 68.4 Å². The molecule has 4 rings (SSSR count). The maximum atomic E-state index is 13.1. The van der Waals surface area contributed by atoms with Crippen LogP contribution in [0.5, 0.6) is 5.75 Å². The van der Waals surface area contributed by atoms with Crippen molar-refractivity contribution in [3.63, 3.8) is 0 Å².